The van der Waals surface area contributed by atoms with Crippen molar-refractivity contribution in [2.45, 2.75) is 40.0 Å². The van der Waals surface area contributed by atoms with Crippen molar-refractivity contribution in [3.63, 3.8) is 0 Å². The molecular weight excluding hydrogens is 220 g/mol. The second-order valence-electron chi connectivity index (χ2n) is 4.10. The highest BCUT2D eigenvalue weighted by atomic mass is 16.6. The Morgan fingerprint density at radius 1 is 1.12 bits per heavy atom. The van der Waals surface area contributed by atoms with E-state index in [1.807, 2.05) is 13.8 Å². The van der Waals surface area contributed by atoms with Crippen LogP contribution in [0.4, 0.5) is 0 Å². The Morgan fingerprint density at radius 2 is 1.53 bits per heavy atom. The molecule has 0 saturated heterocycles. The molecule has 4 nitrogen and oxygen atoms in total. The fourth-order valence-electron chi connectivity index (χ4n) is 1.25. The minimum atomic E-state index is -1.27. The largest absolute Gasteiger partial charge is 0.465 e. The molecule has 0 aromatic rings. The molecule has 0 bridgehead atoms. The van der Waals surface area contributed by atoms with Crippen molar-refractivity contribution >= 4 is 11.9 Å². The van der Waals surface area contributed by atoms with Gasteiger partial charge in [-0.2, -0.15) is 0 Å². The SMILES string of the molecule is C=CCC(C)(C(=O)OCCC)C(=O)OCCC. The molecule has 0 aromatic heterocycles. The molecule has 98 valence electrons. The van der Waals surface area contributed by atoms with E-state index in [2.05, 4.69) is 6.58 Å². The first-order valence-corrected chi connectivity index (χ1v) is 5.98. The minimum absolute atomic E-state index is 0.220. The van der Waals surface area contributed by atoms with Crippen LogP contribution in [-0.2, 0) is 19.1 Å². The van der Waals surface area contributed by atoms with Gasteiger partial charge >= 0.3 is 11.9 Å². The standard InChI is InChI=1S/C13H22O4/c1-5-8-13(4,11(14)16-9-6-2)12(15)17-10-7-3/h5H,1,6-10H2,2-4H3. The zero-order valence-electron chi connectivity index (χ0n) is 11.0. The molecule has 4 heteroatoms. The molecule has 0 aliphatic rings. The van der Waals surface area contributed by atoms with E-state index in [1.165, 1.54) is 13.0 Å². The summed E-state index contributed by atoms with van der Waals surface area (Å²) in [4.78, 5) is 23.7. The third-order valence-corrected chi connectivity index (χ3v) is 2.33. The molecule has 0 radical (unpaired) electrons. The maximum atomic E-state index is 11.8. The fourth-order valence-corrected chi connectivity index (χ4v) is 1.25. The van der Waals surface area contributed by atoms with E-state index in [0.29, 0.717) is 13.2 Å². The van der Waals surface area contributed by atoms with Crippen LogP contribution in [0.2, 0.25) is 0 Å². The van der Waals surface area contributed by atoms with Gasteiger partial charge in [0.2, 0.25) is 0 Å². The monoisotopic (exact) mass is 242 g/mol. The van der Waals surface area contributed by atoms with E-state index in [-0.39, 0.29) is 6.42 Å². The Kier molecular flexibility index (Phi) is 7.26. The molecule has 0 N–H and O–H groups in total. The van der Waals surface area contributed by atoms with E-state index < -0.39 is 17.4 Å². The van der Waals surface area contributed by atoms with Gasteiger partial charge in [-0.1, -0.05) is 19.9 Å². The van der Waals surface area contributed by atoms with Gasteiger partial charge in [-0.3, -0.25) is 9.59 Å². The molecule has 0 amide bonds. The van der Waals surface area contributed by atoms with Crippen molar-refractivity contribution in [3.8, 4) is 0 Å². The van der Waals surface area contributed by atoms with Gasteiger partial charge in [-0.05, 0) is 26.2 Å². The molecule has 0 spiro atoms. The number of carbonyl (C=O) groups excluding carboxylic acids is 2. The molecule has 0 unspecified atom stereocenters. The van der Waals surface area contributed by atoms with Crippen LogP contribution in [0.3, 0.4) is 0 Å². The summed E-state index contributed by atoms with van der Waals surface area (Å²) >= 11 is 0. The van der Waals surface area contributed by atoms with Crippen LogP contribution in [0.15, 0.2) is 12.7 Å². The summed E-state index contributed by atoms with van der Waals surface area (Å²) < 4.78 is 10.0. The third-order valence-electron chi connectivity index (χ3n) is 2.33. The van der Waals surface area contributed by atoms with E-state index in [1.54, 1.807) is 0 Å². The van der Waals surface area contributed by atoms with Gasteiger partial charge in [0.05, 0.1) is 13.2 Å². The summed E-state index contributed by atoms with van der Waals surface area (Å²) in [5, 5.41) is 0. The molecule has 0 fully saturated rings. The minimum Gasteiger partial charge on any atom is -0.465 e. The van der Waals surface area contributed by atoms with E-state index in [9.17, 15) is 9.59 Å². The normalized spacial score (nSPS) is 10.8. The van der Waals surface area contributed by atoms with Gasteiger partial charge in [0.1, 0.15) is 0 Å². The van der Waals surface area contributed by atoms with Crippen LogP contribution in [0, 0.1) is 5.41 Å². The lowest BCUT2D eigenvalue weighted by Gasteiger charge is -2.23. The quantitative estimate of drug-likeness (QED) is 0.373. The highest BCUT2D eigenvalue weighted by molar-refractivity contribution is 5.99. The summed E-state index contributed by atoms with van der Waals surface area (Å²) in [5.41, 5.74) is -1.27. The van der Waals surface area contributed by atoms with Crippen molar-refractivity contribution < 1.29 is 19.1 Å². The number of allylic oxidation sites excluding steroid dienone is 1. The highest BCUT2D eigenvalue weighted by Crippen LogP contribution is 2.26. The number of esters is 2. The molecule has 0 rings (SSSR count). The van der Waals surface area contributed by atoms with Gasteiger partial charge in [0.15, 0.2) is 5.41 Å². The molecule has 0 atom stereocenters. The first kappa shape index (κ1) is 15.7. The van der Waals surface area contributed by atoms with Gasteiger partial charge in [0.25, 0.3) is 0 Å². The molecular formula is C13H22O4. The lowest BCUT2D eigenvalue weighted by molar-refractivity contribution is -0.171. The van der Waals surface area contributed by atoms with Crippen LogP contribution >= 0.6 is 0 Å². The zero-order valence-corrected chi connectivity index (χ0v) is 11.0. The summed E-state index contributed by atoms with van der Waals surface area (Å²) in [6.45, 7) is 9.50. The summed E-state index contributed by atoms with van der Waals surface area (Å²) in [7, 11) is 0. The van der Waals surface area contributed by atoms with E-state index in [0.717, 1.165) is 12.8 Å². The van der Waals surface area contributed by atoms with Crippen LogP contribution in [-0.4, -0.2) is 25.2 Å². The second kappa shape index (κ2) is 7.87. The number of carbonyl (C=O) groups is 2. The number of hydrogen-bond acceptors (Lipinski definition) is 4. The van der Waals surface area contributed by atoms with Crippen LogP contribution < -0.4 is 0 Å². The first-order chi connectivity index (χ1) is 8.02. The predicted octanol–water partition coefficient (Wildman–Crippen LogP) is 2.48. The van der Waals surface area contributed by atoms with Crippen molar-refractivity contribution in [3.05, 3.63) is 12.7 Å². The van der Waals surface area contributed by atoms with Gasteiger partial charge in [-0.15, -0.1) is 6.58 Å². The van der Waals surface area contributed by atoms with E-state index in [4.69, 9.17) is 9.47 Å². The zero-order chi connectivity index (χ0) is 13.3. The Balaban J connectivity index is 4.68. The molecule has 0 aromatic carbocycles. The fraction of sp³-hybridized carbons (Fsp3) is 0.692. The first-order valence-electron chi connectivity index (χ1n) is 5.98. The average molecular weight is 242 g/mol. The van der Waals surface area contributed by atoms with Gasteiger partial charge < -0.3 is 9.47 Å². The summed E-state index contributed by atoms with van der Waals surface area (Å²) in [5.74, 6) is -1.08. The number of hydrogen-bond donors (Lipinski definition) is 0. The maximum absolute atomic E-state index is 11.8. The van der Waals surface area contributed by atoms with Crippen molar-refractivity contribution in [1.82, 2.24) is 0 Å². The van der Waals surface area contributed by atoms with Gasteiger partial charge in [-0.25, -0.2) is 0 Å². The van der Waals surface area contributed by atoms with Crippen LogP contribution in [0.25, 0.3) is 0 Å². The molecule has 17 heavy (non-hydrogen) atoms. The maximum Gasteiger partial charge on any atom is 0.323 e. The second-order valence-corrected chi connectivity index (χ2v) is 4.10. The Morgan fingerprint density at radius 3 is 1.82 bits per heavy atom. The van der Waals surface area contributed by atoms with Crippen LogP contribution in [0.1, 0.15) is 40.0 Å². The molecule has 0 saturated carbocycles. The van der Waals surface area contributed by atoms with Crippen LogP contribution in [0.5, 0.6) is 0 Å². The van der Waals surface area contributed by atoms with Crippen molar-refractivity contribution in [1.29, 1.82) is 0 Å². The smallest absolute Gasteiger partial charge is 0.323 e. The Bertz CT molecular complexity index is 251. The lowest BCUT2D eigenvalue weighted by Crippen LogP contribution is -2.39. The molecule has 0 aliphatic carbocycles. The van der Waals surface area contributed by atoms with Crippen molar-refractivity contribution in [2.24, 2.45) is 5.41 Å². The predicted molar refractivity (Wildman–Crippen MR) is 65.4 cm³/mol. The number of rotatable bonds is 8. The summed E-state index contributed by atoms with van der Waals surface area (Å²) in [6, 6.07) is 0. The summed E-state index contributed by atoms with van der Waals surface area (Å²) in [6.07, 6.45) is 3.19. The topological polar surface area (TPSA) is 52.6 Å². The third kappa shape index (κ3) is 4.59. The average Bonchev–Trinajstić information content (AvgIpc) is 2.32. The van der Waals surface area contributed by atoms with Crippen molar-refractivity contribution in [2.75, 3.05) is 13.2 Å². The Labute approximate surface area is 103 Å². The lowest BCUT2D eigenvalue weighted by atomic mass is 9.87. The van der Waals surface area contributed by atoms with Gasteiger partial charge in [0, 0.05) is 0 Å². The number of ether oxygens (including phenoxy) is 2. The highest BCUT2D eigenvalue weighted by Gasteiger charge is 2.43. The molecule has 0 aliphatic heterocycles. The van der Waals surface area contributed by atoms with E-state index >= 15 is 0 Å². The Hall–Kier alpha value is -1.32. The molecule has 0 heterocycles.